The van der Waals surface area contributed by atoms with Gasteiger partial charge in [0.2, 0.25) is 0 Å². The summed E-state index contributed by atoms with van der Waals surface area (Å²) in [4.78, 5) is 27.6. The van der Waals surface area contributed by atoms with Crippen molar-refractivity contribution in [2.75, 3.05) is 25.5 Å². The van der Waals surface area contributed by atoms with Gasteiger partial charge in [0.15, 0.2) is 11.5 Å². The SMILES string of the molecule is COc1cccc(C(=O)Nc2cc(C(=O)N3CC(C)CC(C)C3)ccc2C)c1O. The summed E-state index contributed by atoms with van der Waals surface area (Å²) in [5, 5.41) is 13.0. The average Bonchev–Trinajstić information content (AvgIpc) is 2.68. The van der Waals surface area contributed by atoms with E-state index in [-0.39, 0.29) is 23.0 Å². The van der Waals surface area contributed by atoms with Gasteiger partial charge in [-0.1, -0.05) is 26.0 Å². The smallest absolute Gasteiger partial charge is 0.259 e. The van der Waals surface area contributed by atoms with E-state index in [1.165, 1.54) is 13.2 Å². The molecule has 29 heavy (non-hydrogen) atoms. The molecular weight excluding hydrogens is 368 g/mol. The molecule has 1 heterocycles. The minimum atomic E-state index is -0.464. The first kappa shape index (κ1) is 20.7. The highest BCUT2D eigenvalue weighted by molar-refractivity contribution is 6.07. The molecule has 0 radical (unpaired) electrons. The average molecular weight is 396 g/mol. The molecule has 2 N–H and O–H groups in total. The van der Waals surface area contributed by atoms with Crippen molar-refractivity contribution in [3.05, 3.63) is 53.1 Å². The fourth-order valence-corrected chi connectivity index (χ4v) is 3.96. The third kappa shape index (κ3) is 4.53. The Hall–Kier alpha value is -3.02. The van der Waals surface area contributed by atoms with E-state index in [1.54, 1.807) is 24.3 Å². The normalized spacial score (nSPS) is 19.0. The van der Waals surface area contributed by atoms with Crippen molar-refractivity contribution in [2.24, 2.45) is 11.8 Å². The van der Waals surface area contributed by atoms with E-state index in [9.17, 15) is 14.7 Å². The van der Waals surface area contributed by atoms with Gasteiger partial charge in [0, 0.05) is 24.3 Å². The molecule has 2 aromatic carbocycles. The van der Waals surface area contributed by atoms with Crippen molar-refractivity contribution in [1.82, 2.24) is 4.90 Å². The van der Waals surface area contributed by atoms with Crippen LogP contribution in [0.25, 0.3) is 0 Å². The Morgan fingerprint density at radius 3 is 2.48 bits per heavy atom. The number of nitrogens with zero attached hydrogens (tertiary/aromatic N) is 1. The van der Waals surface area contributed by atoms with Gasteiger partial charge in [-0.3, -0.25) is 9.59 Å². The molecule has 2 unspecified atom stereocenters. The van der Waals surface area contributed by atoms with E-state index in [0.717, 1.165) is 25.1 Å². The van der Waals surface area contributed by atoms with Crippen molar-refractivity contribution in [3.8, 4) is 11.5 Å². The van der Waals surface area contributed by atoms with Crippen LogP contribution in [0.2, 0.25) is 0 Å². The fourth-order valence-electron chi connectivity index (χ4n) is 3.96. The Balaban J connectivity index is 1.82. The second-order valence-corrected chi connectivity index (χ2v) is 8.00. The Labute approximate surface area is 171 Å². The van der Waals surface area contributed by atoms with Crippen LogP contribution in [0.5, 0.6) is 11.5 Å². The molecular formula is C23H28N2O4. The van der Waals surface area contributed by atoms with Crippen LogP contribution in [-0.2, 0) is 0 Å². The number of ether oxygens (including phenoxy) is 1. The predicted octanol–water partition coefficient (Wildman–Crippen LogP) is 4.08. The standard InChI is InChI=1S/C23H28N2O4/c1-14-10-15(2)13-25(12-14)23(28)17-9-8-16(3)19(11-17)24-22(27)18-6-5-7-20(29-4)21(18)26/h5-9,11,14-15,26H,10,12-13H2,1-4H3,(H,24,27). The second kappa shape index (κ2) is 8.55. The summed E-state index contributed by atoms with van der Waals surface area (Å²) >= 11 is 0. The molecule has 2 amide bonds. The lowest BCUT2D eigenvalue weighted by Crippen LogP contribution is -2.42. The van der Waals surface area contributed by atoms with Crippen LogP contribution in [0, 0.1) is 18.8 Å². The van der Waals surface area contributed by atoms with Gasteiger partial charge in [0.05, 0.1) is 12.7 Å². The van der Waals surface area contributed by atoms with Crippen LogP contribution in [0.15, 0.2) is 36.4 Å². The van der Waals surface area contributed by atoms with Gasteiger partial charge in [0.1, 0.15) is 0 Å². The first-order valence-corrected chi connectivity index (χ1v) is 9.87. The number of para-hydroxylation sites is 1. The van der Waals surface area contributed by atoms with Crippen LogP contribution in [0.4, 0.5) is 5.69 Å². The molecule has 6 heteroatoms. The number of rotatable bonds is 4. The number of phenols is 1. The van der Waals surface area contributed by atoms with Crippen molar-refractivity contribution in [3.63, 3.8) is 0 Å². The summed E-state index contributed by atoms with van der Waals surface area (Å²) in [6.07, 6.45) is 1.13. The molecule has 1 aliphatic rings. The van der Waals surface area contributed by atoms with Gasteiger partial charge in [-0.25, -0.2) is 0 Å². The molecule has 2 aromatic rings. The molecule has 0 saturated carbocycles. The number of hydrogen-bond acceptors (Lipinski definition) is 4. The number of phenolic OH excluding ortho intramolecular Hbond substituents is 1. The highest BCUT2D eigenvalue weighted by Crippen LogP contribution is 2.30. The van der Waals surface area contributed by atoms with Gasteiger partial charge in [-0.15, -0.1) is 0 Å². The number of nitrogens with one attached hydrogen (secondary N) is 1. The number of anilines is 1. The Morgan fingerprint density at radius 1 is 1.14 bits per heavy atom. The third-order valence-corrected chi connectivity index (χ3v) is 5.35. The topological polar surface area (TPSA) is 78.9 Å². The number of carbonyl (C=O) groups excluding carboxylic acids is 2. The number of likely N-dealkylation sites (tertiary alicyclic amines) is 1. The largest absolute Gasteiger partial charge is 0.504 e. The maximum absolute atomic E-state index is 13.0. The number of piperidine rings is 1. The highest BCUT2D eigenvalue weighted by Gasteiger charge is 2.26. The fraction of sp³-hybridized carbons (Fsp3) is 0.391. The molecule has 2 atom stereocenters. The number of aromatic hydroxyl groups is 1. The van der Waals surface area contributed by atoms with Gasteiger partial charge >= 0.3 is 0 Å². The zero-order chi connectivity index (χ0) is 21.1. The minimum absolute atomic E-state index is 0.0249. The van der Waals surface area contributed by atoms with Gasteiger partial charge in [-0.2, -0.15) is 0 Å². The minimum Gasteiger partial charge on any atom is -0.504 e. The Bertz CT molecular complexity index is 915. The Kier molecular flexibility index (Phi) is 6.11. The van der Waals surface area contributed by atoms with E-state index in [0.29, 0.717) is 23.1 Å². The number of aryl methyl sites for hydroxylation is 1. The molecule has 1 fully saturated rings. The van der Waals surface area contributed by atoms with Crippen LogP contribution in [-0.4, -0.2) is 42.0 Å². The zero-order valence-electron chi connectivity index (χ0n) is 17.4. The molecule has 3 rings (SSSR count). The first-order valence-electron chi connectivity index (χ1n) is 9.87. The van der Waals surface area contributed by atoms with Gasteiger partial charge < -0.3 is 20.1 Å². The summed E-state index contributed by atoms with van der Waals surface area (Å²) in [5.74, 6) is 0.476. The van der Waals surface area contributed by atoms with Crippen molar-refractivity contribution in [2.45, 2.75) is 27.2 Å². The number of benzene rings is 2. The van der Waals surface area contributed by atoms with Gasteiger partial charge in [-0.05, 0) is 55.0 Å². The third-order valence-electron chi connectivity index (χ3n) is 5.35. The van der Waals surface area contributed by atoms with E-state index < -0.39 is 5.91 Å². The molecule has 0 bridgehead atoms. The lowest BCUT2D eigenvalue weighted by Gasteiger charge is -2.35. The van der Waals surface area contributed by atoms with E-state index >= 15 is 0 Å². The summed E-state index contributed by atoms with van der Waals surface area (Å²) in [6, 6.07) is 10.1. The van der Waals surface area contributed by atoms with E-state index in [1.807, 2.05) is 17.9 Å². The zero-order valence-corrected chi connectivity index (χ0v) is 17.4. The second-order valence-electron chi connectivity index (χ2n) is 8.00. The summed E-state index contributed by atoms with van der Waals surface area (Å²) in [7, 11) is 1.43. The maximum atomic E-state index is 13.0. The molecule has 0 aliphatic carbocycles. The molecule has 0 spiro atoms. The Morgan fingerprint density at radius 2 is 1.83 bits per heavy atom. The van der Waals surface area contributed by atoms with Crippen molar-refractivity contribution in [1.29, 1.82) is 0 Å². The van der Waals surface area contributed by atoms with E-state index in [2.05, 4.69) is 19.2 Å². The number of amides is 2. The molecule has 1 saturated heterocycles. The van der Waals surface area contributed by atoms with Gasteiger partial charge in [0.25, 0.3) is 11.8 Å². The highest BCUT2D eigenvalue weighted by atomic mass is 16.5. The van der Waals surface area contributed by atoms with Crippen molar-refractivity contribution >= 4 is 17.5 Å². The molecule has 1 aliphatic heterocycles. The quantitative estimate of drug-likeness (QED) is 0.816. The van der Waals surface area contributed by atoms with Crippen LogP contribution in [0.1, 0.15) is 46.5 Å². The van der Waals surface area contributed by atoms with Crippen LogP contribution in [0.3, 0.4) is 0 Å². The number of carbonyl (C=O) groups is 2. The number of hydrogen-bond donors (Lipinski definition) is 2. The maximum Gasteiger partial charge on any atom is 0.259 e. The monoisotopic (exact) mass is 396 g/mol. The summed E-state index contributed by atoms with van der Waals surface area (Å²) in [5.41, 5.74) is 2.03. The molecule has 0 aromatic heterocycles. The first-order chi connectivity index (χ1) is 13.8. The molecule has 6 nitrogen and oxygen atoms in total. The van der Waals surface area contributed by atoms with Crippen LogP contribution >= 0.6 is 0 Å². The predicted molar refractivity (Wildman–Crippen MR) is 113 cm³/mol. The summed E-state index contributed by atoms with van der Waals surface area (Å²) < 4.78 is 5.06. The van der Waals surface area contributed by atoms with E-state index in [4.69, 9.17) is 4.74 Å². The number of methoxy groups -OCH3 is 1. The lowest BCUT2D eigenvalue weighted by molar-refractivity contribution is 0.0623. The lowest BCUT2D eigenvalue weighted by atomic mass is 9.91. The summed E-state index contributed by atoms with van der Waals surface area (Å²) in [6.45, 7) is 7.68. The van der Waals surface area contributed by atoms with Crippen molar-refractivity contribution < 1.29 is 19.4 Å². The molecule has 154 valence electrons. The van der Waals surface area contributed by atoms with Crippen LogP contribution < -0.4 is 10.1 Å².